The molecule has 2 rings (SSSR count). The summed E-state index contributed by atoms with van der Waals surface area (Å²) in [5.74, 6) is 0.956. The average molecular weight is 400 g/mol. The van der Waals surface area contributed by atoms with Crippen LogP contribution in [0.2, 0.25) is 0 Å². The van der Waals surface area contributed by atoms with Crippen molar-refractivity contribution in [3.05, 3.63) is 43.6 Å². The van der Waals surface area contributed by atoms with E-state index in [1.807, 2.05) is 0 Å². The van der Waals surface area contributed by atoms with Crippen LogP contribution in [0.1, 0.15) is 32.6 Å². The summed E-state index contributed by atoms with van der Waals surface area (Å²) in [4.78, 5) is 0. The Bertz CT molecular complexity index is 401. The van der Waals surface area contributed by atoms with Gasteiger partial charge in [0, 0.05) is 0 Å². The Morgan fingerprint density at radius 3 is 2.05 bits per heavy atom. The lowest BCUT2D eigenvalue weighted by Gasteiger charge is -2.17. The van der Waals surface area contributed by atoms with Crippen molar-refractivity contribution in [1.82, 2.24) is 0 Å². The number of halogens is 5. The lowest BCUT2D eigenvalue weighted by atomic mass is 9.88. The minimum absolute atomic E-state index is 0.125. The molecule has 0 spiro atoms. The highest BCUT2D eigenvalue weighted by molar-refractivity contribution is 6.50. The first-order valence-corrected chi connectivity index (χ1v) is 8.90. The first-order chi connectivity index (χ1) is 9.34. The molecule has 0 radical (unpaired) electrons. The predicted octanol–water partition coefficient (Wildman–Crippen LogP) is 2.34. The molecule has 0 nitrogen and oxygen atoms in total. The molecule has 1 aliphatic rings. The Kier molecular flexibility index (Phi) is 7.62. The van der Waals surface area contributed by atoms with Crippen LogP contribution in [0.5, 0.6) is 0 Å². The van der Waals surface area contributed by atoms with E-state index in [2.05, 4.69) is 41.3 Å². The highest BCUT2D eigenvalue weighted by Gasteiger charge is 2.20. The normalized spacial score (nSPS) is 19.1. The zero-order valence-corrected chi connectivity index (χ0v) is 13.5. The summed E-state index contributed by atoms with van der Waals surface area (Å²) in [6, 6.07) is 10.9. The summed E-state index contributed by atoms with van der Waals surface area (Å²) in [6.07, 6.45) is 5.52. The monoisotopic (exact) mass is 400 g/mol. The maximum Gasteiger partial charge on any atom is 0.673 e. The van der Waals surface area contributed by atoms with E-state index in [9.17, 15) is 17.3 Å². The van der Waals surface area contributed by atoms with Crippen molar-refractivity contribution < 1.29 is 38.5 Å². The summed E-state index contributed by atoms with van der Waals surface area (Å²) < 4.78 is 43.1. The van der Waals surface area contributed by atoms with Gasteiger partial charge in [0.15, 0.2) is 7.65 Å². The van der Waals surface area contributed by atoms with Crippen molar-refractivity contribution in [2.75, 3.05) is 0 Å². The molecule has 1 aromatic carbocycles. The van der Waals surface area contributed by atoms with Gasteiger partial charge in [-0.3, -0.25) is 0 Å². The molecule has 112 valence electrons. The van der Waals surface area contributed by atoms with Crippen molar-refractivity contribution in [2.24, 2.45) is 5.92 Å². The largest absolute Gasteiger partial charge is 0.673 e. The van der Waals surface area contributed by atoms with Gasteiger partial charge in [-0.1, -0.05) is 25.1 Å². The third-order valence-electron chi connectivity index (χ3n) is 2.98. The van der Waals surface area contributed by atoms with Crippen LogP contribution < -0.4 is 21.2 Å². The van der Waals surface area contributed by atoms with Gasteiger partial charge < -0.3 is 17.3 Å². The lowest BCUT2D eigenvalue weighted by molar-refractivity contribution is -0.557. The van der Waals surface area contributed by atoms with E-state index in [0.717, 1.165) is 5.92 Å². The molecule has 0 unspecified atom stereocenters. The van der Waals surface area contributed by atoms with E-state index in [1.54, 1.807) is 9.14 Å². The van der Waals surface area contributed by atoms with Crippen LogP contribution in [0.4, 0.5) is 17.3 Å². The molecule has 1 saturated carbocycles. The number of hydrogen-bond donors (Lipinski definition) is 0. The molecule has 6 heteroatoms. The van der Waals surface area contributed by atoms with E-state index in [-0.39, 0.29) is 21.2 Å². The van der Waals surface area contributed by atoms with Gasteiger partial charge in [-0.05, 0) is 49.3 Å². The summed E-state index contributed by atoms with van der Waals surface area (Å²) in [5, 5.41) is 0. The number of rotatable bonds is 2. The summed E-state index contributed by atoms with van der Waals surface area (Å²) in [5.41, 5.74) is 1.73. The molecule has 0 saturated heterocycles. The second kappa shape index (κ2) is 8.69. The van der Waals surface area contributed by atoms with Gasteiger partial charge in [0.05, 0.1) is 0 Å². The van der Waals surface area contributed by atoms with Crippen LogP contribution in [0.15, 0.2) is 40.0 Å². The van der Waals surface area contributed by atoms with Gasteiger partial charge in [0.25, 0.3) is 0 Å². The van der Waals surface area contributed by atoms with Gasteiger partial charge in [0.2, 0.25) is 0 Å². The van der Waals surface area contributed by atoms with Gasteiger partial charge >= 0.3 is 28.5 Å². The van der Waals surface area contributed by atoms with E-state index in [4.69, 9.17) is 0 Å². The van der Waals surface area contributed by atoms with Crippen molar-refractivity contribution >= 4 is 7.25 Å². The maximum atomic E-state index is 9.75. The molecule has 1 fully saturated rings. The second-order valence-electron chi connectivity index (χ2n) is 4.85. The Morgan fingerprint density at radius 2 is 1.55 bits per heavy atom. The topological polar surface area (TPSA) is 0 Å². The van der Waals surface area contributed by atoms with Crippen LogP contribution >= 0.6 is 0 Å². The molecule has 1 aliphatic carbocycles. The SMILES string of the molecule is CC1CCC(=C[I+]c2ccccc2)CC1.F[B-](F)(F)F. The fraction of sp³-hybridized carbons (Fsp3) is 0.429. The average Bonchev–Trinajstić information content (AvgIpc) is 2.37. The molecule has 20 heavy (non-hydrogen) atoms. The van der Waals surface area contributed by atoms with E-state index in [0.29, 0.717) is 0 Å². The Balaban J connectivity index is 0.000000347. The van der Waals surface area contributed by atoms with Crippen molar-refractivity contribution in [1.29, 1.82) is 0 Å². The molecule has 0 amide bonds. The first-order valence-electron chi connectivity index (χ1n) is 6.58. The van der Waals surface area contributed by atoms with Crippen LogP contribution in [0.3, 0.4) is 0 Å². The first kappa shape index (κ1) is 17.5. The van der Waals surface area contributed by atoms with Crippen LogP contribution in [0, 0.1) is 9.49 Å². The summed E-state index contributed by atoms with van der Waals surface area (Å²) in [7, 11) is -6.00. The Hall–Kier alpha value is -0.525. The molecule has 0 aliphatic heterocycles. The molecule has 0 heterocycles. The van der Waals surface area contributed by atoms with Crippen LogP contribution in [-0.4, -0.2) is 7.25 Å². The lowest BCUT2D eigenvalue weighted by Crippen LogP contribution is -3.59. The van der Waals surface area contributed by atoms with Crippen LogP contribution in [0.25, 0.3) is 0 Å². The van der Waals surface area contributed by atoms with E-state index < -0.39 is 7.25 Å². The standard InChI is InChI=1S/C14H18I.BF4/c1-12-7-9-13(10-8-12)11-15-14-5-3-2-4-6-14;2-1(3,4)5/h2-6,11-12H,7-10H2,1H3;/q+1;-1. The number of allylic oxidation sites excluding steroid dienone is 1. The third-order valence-corrected chi connectivity index (χ3v) is 5.61. The molecule has 1 aromatic rings. The highest BCUT2D eigenvalue weighted by Crippen LogP contribution is 2.26. The molecule has 0 N–H and O–H groups in total. The van der Waals surface area contributed by atoms with E-state index >= 15 is 0 Å². The van der Waals surface area contributed by atoms with Gasteiger partial charge in [0.1, 0.15) is 0 Å². The fourth-order valence-electron chi connectivity index (χ4n) is 1.87. The predicted molar refractivity (Wildman–Crippen MR) is 71.0 cm³/mol. The zero-order valence-electron chi connectivity index (χ0n) is 11.3. The van der Waals surface area contributed by atoms with Crippen molar-refractivity contribution in [3.63, 3.8) is 0 Å². The Labute approximate surface area is 128 Å². The minimum atomic E-state index is -6.00. The zero-order chi connectivity index (χ0) is 15.0. The van der Waals surface area contributed by atoms with Gasteiger partial charge in [-0.2, -0.15) is 0 Å². The smallest absolute Gasteiger partial charge is 0.418 e. The second-order valence-corrected chi connectivity index (χ2v) is 7.34. The van der Waals surface area contributed by atoms with Crippen LogP contribution in [-0.2, 0) is 0 Å². The summed E-state index contributed by atoms with van der Waals surface area (Å²) in [6.45, 7) is 2.38. The number of benzene rings is 1. The molecular weight excluding hydrogens is 382 g/mol. The summed E-state index contributed by atoms with van der Waals surface area (Å²) >= 11 is 0.125. The quantitative estimate of drug-likeness (QED) is 0.407. The van der Waals surface area contributed by atoms with Gasteiger partial charge in [-0.15, -0.1) is 0 Å². The molecule has 0 atom stereocenters. The maximum absolute atomic E-state index is 9.75. The Morgan fingerprint density at radius 1 is 1.05 bits per heavy atom. The van der Waals surface area contributed by atoms with Gasteiger partial charge in [-0.25, -0.2) is 0 Å². The minimum Gasteiger partial charge on any atom is -0.418 e. The highest BCUT2D eigenvalue weighted by atomic mass is 127. The third kappa shape index (κ3) is 9.39. The molecule has 0 aromatic heterocycles. The van der Waals surface area contributed by atoms with Crippen molar-refractivity contribution in [2.45, 2.75) is 32.6 Å². The van der Waals surface area contributed by atoms with Crippen molar-refractivity contribution in [3.8, 4) is 0 Å². The van der Waals surface area contributed by atoms with E-state index in [1.165, 1.54) is 25.7 Å². The fourth-order valence-corrected chi connectivity index (χ4v) is 4.12. The molecular formula is C14H18BF4I. The molecule has 0 bridgehead atoms. The number of hydrogen-bond acceptors (Lipinski definition) is 0.